The smallest absolute Gasteiger partial charge is 0.243 e. The van der Waals surface area contributed by atoms with Gasteiger partial charge in [0.05, 0.1) is 17.7 Å². The molecule has 1 aliphatic heterocycles. The van der Waals surface area contributed by atoms with Crippen molar-refractivity contribution in [2.75, 3.05) is 38.2 Å². The molecule has 2 heterocycles. The zero-order valence-electron chi connectivity index (χ0n) is 18.3. The lowest BCUT2D eigenvalue weighted by molar-refractivity contribution is 0.383. The molecular weight excluding hydrogens is 436 g/mol. The summed E-state index contributed by atoms with van der Waals surface area (Å²) in [6.07, 6.45) is 0. The molecule has 0 aliphatic carbocycles. The van der Waals surface area contributed by atoms with E-state index in [9.17, 15) is 8.42 Å². The minimum absolute atomic E-state index is 0.274. The lowest BCUT2D eigenvalue weighted by atomic mass is 10.1. The van der Waals surface area contributed by atoms with Gasteiger partial charge in [0.1, 0.15) is 5.75 Å². The van der Waals surface area contributed by atoms with Crippen LogP contribution in [0.1, 0.15) is 0 Å². The van der Waals surface area contributed by atoms with Gasteiger partial charge in [0, 0.05) is 31.7 Å². The predicted molar refractivity (Wildman–Crippen MR) is 129 cm³/mol. The fourth-order valence-electron chi connectivity index (χ4n) is 4.05. The maximum absolute atomic E-state index is 13.0. The molecule has 1 fully saturated rings. The summed E-state index contributed by atoms with van der Waals surface area (Å²) in [4.78, 5) is 2.34. The van der Waals surface area contributed by atoms with E-state index in [0.29, 0.717) is 31.9 Å². The summed E-state index contributed by atoms with van der Waals surface area (Å²) >= 11 is 0. The minimum Gasteiger partial charge on any atom is -0.497 e. The Bertz CT molecular complexity index is 1370. The van der Waals surface area contributed by atoms with Gasteiger partial charge >= 0.3 is 0 Å². The molecule has 0 radical (unpaired) electrons. The Morgan fingerprint density at radius 1 is 0.788 bits per heavy atom. The number of methoxy groups -OCH3 is 1. The molecule has 0 bridgehead atoms. The summed E-state index contributed by atoms with van der Waals surface area (Å²) in [6.45, 7) is 1.89. The molecule has 1 saturated heterocycles. The van der Waals surface area contributed by atoms with E-state index in [0.717, 1.165) is 22.5 Å². The van der Waals surface area contributed by atoms with Gasteiger partial charge in [0.25, 0.3) is 0 Å². The predicted octanol–water partition coefficient (Wildman–Crippen LogP) is 3.82. The van der Waals surface area contributed by atoms with Crippen LogP contribution in [-0.4, -0.2) is 56.2 Å². The Kier molecular flexibility index (Phi) is 5.70. The highest BCUT2D eigenvalue weighted by Crippen LogP contribution is 2.25. The average molecular weight is 461 g/mol. The van der Waals surface area contributed by atoms with Crippen LogP contribution >= 0.6 is 0 Å². The second-order valence-corrected chi connectivity index (χ2v) is 9.84. The number of rotatable bonds is 5. The fraction of sp³-hybridized carbons (Fsp3) is 0.200. The van der Waals surface area contributed by atoms with Crippen molar-refractivity contribution in [2.45, 2.75) is 4.90 Å². The fourth-order valence-corrected chi connectivity index (χ4v) is 5.47. The summed E-state index contributed by atoms with van der Waals surface area (Å²) in [5.74, 6) is 1.38. The minimum atomic E-state index is -3.54. The van der Waals surface area contributed by atoms with E-state index >= 15 is 0 Å². The first kappa shape index (κ1) is 21.4. The molecular formula is C25H24N4O3S. The third kappa shape index (κ3) is 4.27. The molecule has 5 rings (SSSR count). The van der Waals surface area contributed by atoms with E-state index in [1.807, 2.05) is 24.3 Å². The molecule has 0 unspecified atom stereocenters. The van der Waals surface area contributed by atoms with E-state index < -0.39 is 10.0 Å². The Labute approximate surface area is 193 Å². The Morgan fingerprint density at radius 3 is 2.18 bits per heavy atom. The number of piperazine rings is 1. The van der Waals surface area contributed by atoms with Crippen molar-refractivity contribution in [3.8, 4) is 17.0 Å². The zero-order chi connectivity index (χ0) is 22.8. The van der Waals surface area contributed by atoms with Gasteiger partial charge in [-0.1, -0.05) is 36.4 Å². The molecule has 1 aromatic heterocycles. The van der Waals surface area contributed by atoms with Gasteiger partial charge in [-0.2, -0.15) is 4.31 Å². The van der Waals surface area contributed by atoms with Crippen molar-refractivity contribution < 1.29 is 13.2 Å². The van der Waals surface area contributed by atoms with Gasteiger partial charge in [-0.15, -0.1) is 10.2 Å². The van der Waals surface area contributed by atoms with Crippen LogP contribution in [-0.2, 0) is 10.0 Å². The van der Waals surface area contributed by atoms with Crippen LogP contribution in [0.15, 0.2) is 83.8 Å². The second-order valence-electron chi connectivity index (χ2n) is 7.91. The maximum atomic E-state index is 13.0. The zero-order valence-corrected chi connectivity index (χ0v) is 19.1. The second kappa shape index (κ2) is 8.80. The normalized spacial score (nSPS) is 15.0. The molecule has 0 spiro atoms. The highest BCUT2D eigenvalue weighted by Gasteiger charge is 2.29. The molecule has 0 saturated carbocycles. The molecule has 0 amide bonds. The van der Waals surface area contributed by atoms with Gasteiger partial charge in [0.2, 0.25) is 10.0 Å². The van der Waals surface area contributed by atoms with E-state index in [1.54, 1.807) is 31.4 Å². The summed E-state index contributed by atoms with van der Waals surface area (Å²) in [6, 6.07) is 24.9. The van der Waals surface area contributed by atoms with Crippen molar-refractivity contribution in [2.24, 2.45) is 0 Å². The quantitative estimate of drug-likeness (QED) is 0.451. The lowest BCUT2D eigenvalue weighted by Crippen LogP contribution is -2.48. The summed E-state index contributed by atoms with van der Waals surface area (Å²) in [5, 5.41) is 11.2. The number of anilines is 1. The first-order valence-corrected chi connectivity index (χ1v) is 12.2. The van der Waals surface area contributed by atoms with Crippen LogP contribution in [0.5, 0.6) is 5.75 Å². The van der Waals surface area contributed by atoms with Crippen molar-refractivity contribution in [1.29, 1.82) is 0 Å². The number of hydrogen-bond acceptors (Lipinski definition) is 6. The van der Waals surface area contributed by atoms with Crippen molar-refractivity contribution in [3.05, 3.63) is 78.9 Å². The first-order valence-electron chi connectivity index (χ1n) is 10.8. The standard InChI is InChI=1S/C25H24N4O3S/c1-32-22-8-10-23(11-9-22)33(30,31)29-16-14-28(15-17-29)25-13-12-24(26-27-25)21-7-6-19-4-2-3-5-20(19)18-21/h2-13,18H,14-17H2,1H3. The van der Waals surface area contributed by atoms with E-state index in [1.165, 1.54) is 9.69 Å². The van der Waals surface area contributed by atoms with E-state index in [2.05, 4.69) is 45.4 Å². The summed E-state index contributed by atoms with van der Waals surface area (Å²) < 4.78 is 32.6. The van der Waals surface area contributed by atoms with Gasteiger partial charge < -0.3 is 9.64 Å². The third-order valence-electron chi connectivity index (χ3n) is 5.96. The molecule has 0 N–H and O–H groups in total. The number of aromatic nitrogens is 2. The number of nitrogens with zero attached hydrogens (tertiary/aromatic N) is 4. The SMILES string of the molecule is COc1ccc(S(=O)(=O)N2CCN(c3ccc(-c4ccc5ccccc5c4)nn3)CC2)cc1. The molecule has 4 aromatic rings. The lowest BCUT2D eigenvalue weighted by Gasteiger charge is -2.34. The molecule has 0 atom stereocenters. The molecule has 8 heteroatoms. The third-order valence-corrected chi connectivity index (χ3v) is 7.87. The summed E-state index contributed by atoms with van der Waals surface area (Å²) in [5.41, 5.74) is 1.83. The number of sulfonamides is 1. The van der Waals surface area contributed by atoms with Crippen LogP contribution in [0.25, 0.3) is 22.0 Å². The molecule has 7 nitrogen and oxygen atoms in total. The molecule has 3 aromatic carbocycles. The first-order chi connectivity index (χ1) is 16.0. The Morgan fingerprint density at radius 2 is 1.52 bits per heavy atom. The van der Waals surface area contributed by atoms with Crippen LogP contribution in [0.4, 0.5) is 5.82 Å². The molecule has 33 heavy (non-hydrogen) atoms. The molecule has 1 aliphatic rings. The molecule has 168 valence electrons. The average Bonchev–Trinajstić information content (AvgIpc) is 2.88. The van der Waals surface area contributed by atoms with Crippen LogP contribution in [0.3, 0.4) is 0 Å². The largest absolute Gasteiger partial charge is 0.497 e. The van der Waals surface area contributed by atoms with Gasteiger partial charge in [-0.05, 0) is 53.2 Å². The van der Waals surface area contributed by atoms with Crippen LogP contribution < -0.4 is 9.64 Å². The Balaban J connectivity index is 1.27. The number of benzene rings is 3. The highest BCUT2D eigenvalue weighted by atomic mass is 32.2. The number of fused-ring (bicyclic) bond motifs is 1. The van der Waals surface area contributed by atoms with E-state index in [-0.39, 0.29) is 4.90 Å². The topological polar surface area (TPSA) is 75.6 Å². The number of ether oxygens (including phenoxy) is 1. The highest BCUT2D eigenvalue weighted by molar-refractivity contribution is 7.89. The maximum Gasteiger partial charge on any atom is 0.243 e. The van der Waals surface area contributed by atoms with Crippen LogP contribution in [0, 0.1) is 0 Å². The van der Waals surface area contributed by atoms with E-state index in [4.69, 9.17) is 4.74 Å². The van der Waals surface area contributed by atoms with Crippen molar-refractivity contribution in [1.82, 2.24) is 14.5 Å². The number of hydrogen-bond donors (Lipinski definition) is 0. The van der Waals surface area contributed by atoms with Gasteiger partial charge in [0.15, 0.2) is 5.82 Å². The van der Waals surface area contributed by atoms with Gasteiger partial charge in [-0.25, -0.2) is 8.42 Å². The van der Waals surface area contributed by atoms with Crippen molar-refractivity contribution in [3.63, 3.8) is 0 Å². The Hall–Kier alpha value is -3.49. The monoisotopic (exact) mass is 460 g/mol. The van der Waals surface area contributed by atoms with Crippen molar-refractivity contribution >= 4 is 26.6 Å². The summed E-state index contributed by atoms with van der Waals surface area (Å²) in [7, 11) is -1.98. The van der Waals surface area contributed by atoms with Gasteiger partial charge in [-0.3, -0.25) is 0 Å². The van der Waals surface area contributed by atoms with Crippen LogP contribution in [0.2, 0.25) is 0 Å².